The Bertz CT molecular complexity index is 422. The summed E-state index contributed by atoms with van der Waals surface area (Å²) in [4.78, 5) is 13.8. The van der Waals surface area contributed by atoms with Crippen molar-refractivity contribution < 1.29 is 9.53 Å². The number of ether oxygens (including phenoxy) is 1. The molecule has 0 heterocycles. The fraction of sp³-hybridized carbons (Fsp3) is 0.533. The number of carbonyl (C=O) groups excluding carboxylic acids is 1. The van der Waals surface area contributed by atoms with Crippen LogP contribution in [0.4, 0.5) is 0 Å². The van der Waals surface area contributed by atoms with Crippen molar-refractivity contribution in [2.45, 2.75) is 26.3 Å². The van der Waals surface area contributed by atoms with E-state index in [1.807, 2.05) is 45.2 Å². The van der Waals surface area contributed by atoms with Crippen molar-refractivity contribution in [3.8, 4) is 5.75 Å². The number of hydrogen-bond acceptors (Lipinski definition) is 2. The Labute approximate surface area is 120 Å². The lowest BCUT2D eigenvalue weighted by molar-refractivity contribution is -0.134. The summed E-state index contributed by atoms with van der Waals surface area (Å²) in [7, 11) is 3.49. The van der Waals surface area contributed by atoms with Crippen molar-refractivity contribution in [2.75, 3.05) is 20.0 Å². The first-order chi connectivity index (χ1) is 9.01. The molecule has 0 saturated heterocycles. The van der Waals surface area contributed by atoms with E-state index in [1.165, 1.54) is 0 Å². The van der Waals surface area contributed by atoms with Gasteiger partial charge in [-0.3, -0.25) is 4.79 Å². The van der Waals surface area contributed by atoms with E-state index in [1.54, 1.807) is 12.0 Å². The normalized spacial score (nSPS) is 13.7. The molecule has 4 heteroatoms. The van der Waals surface area contributed by atoms with Crippen LogP contribution in [0, 0.1) is 5.92 Å². The number of halogens is 1. The molecule has 19 heavy (non-hydrogen) atoms. The molecule has 1 aromatic carbocycles. The molecule has 2 atom stereocenters. The van der Waals surface area contributed by atoms with Crippen LogP contribution in [-0.4, -0.2) is 36.9 Å². The lowest BCUT2D eigenvalue weighted by atomic mass is 10.0. The molecule has 3 nitrogen and oxygen atoms in total. The maximum absolute atomic E-state index is 12.1. The smallest absolute Gasteiger partial charge is 0.226 e. The summed E-state index contributed by atoms with van der Waals surface area (Å²) in [6.07, 6.45) is 0.765. The largest absolute Gasteiger partial charge is 0.496 e. The predicted molar refractivity (Wildman–Crippen MR) is 78.8 cm³/mol. The van der Waals surface area contributed by atoms with Crippen molar-refractivity contribution in [3.63, 3.8) is 0 Å². The Hall–Kier alpha value is -1.22. The van der Waals surface area contributed by atoms with Gasteiger partial charge in [-0.15, -0.1) is 11.6 Å². The van der Waals surface area contributed by atoms with E-state index >= 15 is 0 Å². The lowest BCUT2D eigenvalue weighted by Gasteiger charge is -2.27. The van der Waals surface area contributed by atoms with Crippen LogP contribution in [0.1, 0.15) is 19.4 Å². The number of para-hydroxylation sites is 1. The van der Waals surface area contributed by atoms with Gasteiger partial charge in [-0.25, -0.2) is 0 Å². The summed E-state index contributed by atoms with van der Waals surface area (Å²) < 4.78 is 5.33. The molecular weight excluding hydrogens is 262 g/mol. The fourth-order valence-electron chi connectivity index (χ4n) is 1.96. The molecular formula is C15H22ClNO2. The van der Waals surface area contributed by atoms with Gasteiger partial charge < -0.3 is 9.64 Å². The van der Waals surface area contributed by atoms with Crippen LogP contribution in [0.3, 0.4) is 0 Å². The summed E-state index contributed by atoms with van der Waals surface area (Å²) >= 11 is 5.74. The number of amides is 1. The second-order valence-corrected chi connectivity index (χ2v) is 5.18. The molecule has 1 aromatic rings. The second kappa shape index (κ2) is 7.39. The third kappa shape index (κ3) is 4.13. The SMILES string of the molecule is COc1ccccc1CC(C)N(C)C(=O)C(C)CCl. The molecule has 0 bridgehead atoms. The maximum Gasteiger partial charge on any atom is 0.226 e. The highest BCUT2D eigenvalue weighted by atomic mass is 35.5. The predicted octanol–water partition coefficient (Wildman–Crippen LogP) is 2.96. The number of likely N-dealkylation sites (N-methyl/N-ethyl adjacent to an activating group) is 1. The van der Waals surface area contributed by atoms with E-state index < -0.39 is 0 Å². The van der Waals surface area contributed by atoms with Gasteiger partial charge in [0, 0.05) is 24.9 Å². The minimum absolute atomic E-state index is 0.0809. The Morgan fingerprint density at radius 1 is 1.37 bits per heavy atom. The van der Waals surface area contributed by atoms with Gasteiger partial charge in [0.2, 0.25) is 5.91 Å². The average Bonchev–Trinajstić information content (AvgIpc) is 2.45. The first-order valence-electron chi connectivity index (χ1n) is 6.45. The molecule has 0 aromatic heterocycles. The zero-order valence-electron chi connectivity index (χ0n) is 12.0. The lowest BCUT2D eigenvalue weighted by Crippen LogP contribution is -2.40. The topological polar surface area (TPSA) is 29.5 Å². The molecule has 106 valence electrons. The third-order valence-corrected chi connectivity index (χ3v) is 3.83. The molecule has 0 saturated carbocycles. The first kappa shape index (κ1) is 15.8. The Morgan fingerprint density at radius 3 is 2.58 bits per heavy atom. The van der Waals surface area contributed by atoms with Crippen molar-refractivity contribution in [2.24, 2.45) is 5.92 Å². The van der Waals surface area contributed by atoms with Crippen LogP contribution in [0.15, 0.2) is 24.3 Å². The average molecular weight is 284 g/mol. The van der Waals surface area contributed by atoms with Crippen LogP contribution in [0.5, 0.6) is 5.75 Å². The molecule has 0 aliphatic rings. The summed E-state index contributed by atoms with van der Waals surface area (Å²) in [6, 6.07) is 7.99. The van der Waals surface area contributed by atoms with Crippen molar-refractivity contribution in [3.05, 3.63) is 29.8 Å². The van der Waals surface area contributed by atoms with E-state index in [9.17, 15) is 4.79 Å². The molecule has 0 N–H and O–H groups in total. The van der Waals surface area contributed by atoms with E-state index in [2.05, 4.69) is 0 Å². The molecule has 0 aliphatic carbocycles. The number of benzene rings is 1. The number of hydrogen-bond donors (Lipinski definition) is 0. The molecule has 1 rings (SSSR count). The van der Waals surface area contributed by atoms with Crippen LogP contribution >= 0.6 is 11.6 Å². The second-order valence-electron chi connectivity index (χ2n) is 4.87. The van der Waals surface area contributed by atoms with Crippen LogP contribution < -0.4 is 4.74 Å². The Morgan fingerprint density at radius 2 is 2.00 bits per heavy atom. The standard InChI is InChI=1S/C15H22ClNO2/c1-11(10-16)15(18)17(3)12(2)9-13-7-5-6-8-14(13)19-4/h5-8,11-12H,9-10H2,1-4H3. The number of carbonyl (C=O) groups is 1. The zero-order valence-corrected chi connectivity index (χ0v) is 12.8. The Balaban J connectivity index is 2.73. The number of rotatable bonds is 6. The molecule has 1 amide bonds. The molecule has 2 unspecified atom stereocenters. The summed E-state index contributed by atoms with van der Waals surface area (Å²) in [5.41, 5.74) is 1.11. The number of alkyl halides is 1. The fourth-order valence-corrected chi connectivity index (χ4v) is 2.09. The third-order valence-electron chi connectivity index (χ3n) is 3.37. The quantitative estimate of drug-likeness (QED) is 0.751. The molecule has 0 spiro atoms. The number of nitrogens with zero attached hydrogens (tertiary/aromatic N) is 1. The van der Waals surface area contributed by atoms with Crippen molar-refractivity contribution in [1.82, 2.24) is 4.90 Å². The van der Waals surface area contributed by atoms with Gasteiger partial charge in [0.05, 0.1) is 7.11 Å². The molecule has 0 aliphatic heterocycles. The van der Waals surface area contributed by atoms with Gasteiger partial charge >= 0.3 is 0 Å². The molecule has 0 fully saturated rings. The highest BCUT2D eigenvalue weighted by Crippen LogP contribution is 2.20. The van der Waals surface area contributed by atoms with Crippen LogP contribution in [0.2, 0.25) is 0 Å². The minimum atomic E-state index is -0.146. The van der Waals surface area contributed by atoms with Crippen LogP contribution in [-0.2, 0) is 11.2 Å². The highest BCUT2D eigenvalue weighted by molar-refractivity contribution is 6.19. The van der Waals surface area contributed by atoms with E-state index in [-0.39, 0.29) is 17.9 Å². The van der Waals surface area contributed by atoms with Crippen LogP contribution in [0.25, 0.3) is 0 Å². The minimum Gasteiger partial charge on any atom is -0.496 e. The van der Waals surface area contributed by atoms with E-state index in [0.29, 0.717) is 5.88 Å². The monoisotopic (exact) mass is 283 g/mol. The maximum atomic E-state index is 12.1. The van der Waals surface area contributed by atoms with Gasteiger partial charge in [-0.05, 0) is 25.0 Å². The first-order valence-corrected chi connectivity index (χ1v) is 6.99. The summed E-state index contributed by atoms with van der Waals surface area (Å²) in [5, 5.41) is 0. The zero-order chi connectivity index (χ0) is 14.4. The van der Waals surface area contributed by atoms with Gasteiger partial charge in [0.25, 0.3) is 0 Å². The van der Waals surface area contributed by atoms with Crippen molar-refractivity contribution >= 4 is 17.5 Å². The molecule has 0 radical (unpaired) electrons. The number of methoxy groups -OCH3 is 1. The van der Waals surface area contributed by atoms with Gasteiger partial charge in [-0.1, -0.05) is 25.1 Å². The van der Waals surface area contributed by atoms with Gasteiger partial charge in [0.15, 0.2) is 0 Å². The van der Waals surface area contributed by atoms with E-state index in [0.717, 1.165) is 17.7 Å². The summed E-state index contributed by atoms with van der Waals surface area (Å²) in [5.74, 6) is 1.15. The van der Waals surface area contributed by atoms with E-state index in [4.69, 9.17) is 16.3 Å². The highest BCUT2D eigenvalue weighted by Gasteiger charge is 2.21. The van der Waals surface area contributed by atoms with Gasteiger partial charge in [0.1, 0.15) is 5.75 Å². The Kier molecular flexibility index (Phi) is 6.16. The summed E-state index contributed by atoms with van der Waals surface area (Å²) in [6.45, 7) is 3.88. The van der Waals surface area contributed by atoms with Crippen molar-refractivity contribution in [1.29, 1.82) is 0 Å². The van der Waals surface area contributed by atoms with Gasteiger partial charge in [-0.2, -0.15) is 0 Å².